The summed E-state index contributed by atoms with van der Waals surface area (Å²) in [6.45, 7) is 6.42. The highest BCUT2D eigenvalue weighted by Gasteiger charge is 2.24. The zero-order valence-electron chi connectivity index (χ0n) is 15.8. The smallest absolute Gasteiger partial charge is 0.407 e. The second kappa shape index (κ2) is 10.7. The monoisotopic (exact) mass is 362 g/mol. The third-order valence-electron chi connectivity index (χ3n) is 4.49. The molecule has 0 bridgehead atoms. The number of benzene rings is 1. The summed E-state index contributed by atoms with van der Waals surface area (Å²) in [5.41, 5.74) is 0.984. The summed E-state index contributed by atoms with van der Waals surface area (Å²) < 4.78 is 10.5. The SMILES string of the molecule is CCCCOC(=O)NC1CCN(C(=O)Cc2ccc(OCC)cc2)CC1. The van der Waals surface area contributed by atoms with E-state index in [0.29, 0.717) is 32.7 Å². The summed E-state index contributed by atoms with van der Waals surface area (Å²) in [5.74, 6) is 0.944. The first-order valence-corrected chi connectivity index (χ1v) is 9.55. The molecule has 1 aromatic carbocycles. The number of piperidine rings is 1. The molecule has 1 aliphatic heterocycles. The van der Waals surface area contributed by atoms with Gasteiger partial charge in [0.2, 0.25) is 5.91 Å². The minimum absolute atomic E-state index is 0.0821. The zero-order valence-corrected chi connectivity index (χ0v) is 15.8. The number of amides is 2. The van der Waals surface area contributed by atoms with Gasteiger partial charge < -0.3 is 19.7 Å². The van der Waals surface area contributed by atoms with Gasteiger partial charge in [0.25, 0.3) is 0 Å². The van der Waals surface area contributed by atoms with Crippen LogP contribution in [0.5, 0.6) is 5.75 Å². The maximum Gasteiger partial charge on any atom is 0.407 e. The molecule has 6 heteroatoms. The van der Waals surface area contributed by atoms with E-state index in [-0.39, 0.29) is 18.0 Å². The first kappa shape index (κ1) is 20.1. The summed E-state index contributed by atoms with van der Waals surface area (Å²) in [7, 11) is 0. The fourth-order valence-electron chi connectivity index (χ4n) is 2.95. The number of nitrogens with zero attached hydrogens (tertiary/aromatic N) is 1. The molecule has 0 aromatic heterocycles. The average molecular weight is 362 g/mol. The van der Waals surface area contributed by atoms with Crippen molar-refractivity contribution in [2.45, 2.75) is 52.0 Å². The van der Waals surface area contributed by atoms with Gasteiger partial charge in [-0.3, -0.25) is 4.79 Å². The number of carbonyl (C=O) groups excluding carboxylic acids is 2. The molecule has 1 fully saturated rings. The highest BCUT2D eigenvalue weighted by molar-refractivity contribution is 5.79. The molecular formula is C20H30N2O4. The predicted molar refractivity (Wildman–Crippen MR) is 100 cm³/mol. The molecule has 6 nitrogen and oxygen atoms in total. The third-order valence-corrected chi connectivity index (χ3v) is 4.49. The molecule has 0 radical (unpaired) electrons. The van der Waals surface area contributed by atoms with Gasteiger partial charge in [-0.25, -0.2) is 4.79 Å². The quantitative estimate of drug-likeness (QED) is 0.722. The van der Waals surface area contributed by atoms with Crippen LogP contribution in [0.2, 0.25) is 0 Å². The van der Waals surface area contributed by atoms with Gasteiger partial charge in [-0.05, 0) is 43.9 Å². The van der Waals surface area contributed by atoms with Crippen molar-refractivity contribution >= 4 is 12.0 Å². The Kier molecular flexibility index (Phi) is 8.25. The lowest BCUT2D eigenvalue weighted by Crippen LogP contribution is -2.47. The second-order valence-electron chi connectivity index (χ2n) is 6.54. The molecule has 26 heavy (non-hydrogen) atoms. The number of likely N-dealkylation sites (tertiary alicyclic amines) is 1. The standard InChI is InChI=1S/C20H30N2O4/c1-3-5-14-26-20(24)21-17-10-12-22(13-11-17)19(23)15-16-6-8-18(9-7-16)25-4-2/h6-9,17H,3-5,10-15H2,1-2H3,(H,21,24). The van der Waals surface area contributed by atoms with Crippen LogP contribution in [0.1, 0.15) is 45.1 Å². The molecule has 1 aromatic rings. The molecule has 0 atom stereocenters. The number of alkyl carbamates (subject to hydrolysis) is 1. The fraction of sp³-hybridized carbons (Fsp3) is 0.600. The molecule has 1 aliphatic rings. The van der Waals surface area contributed by atoms with Crippen LogP contribution in [0.3, 0.4) is 0 Å². The second-order valence-corrected chi connectivity index (χ2v) is 6.54. The van der Waals surface area contributed by atoms with Crippen molar-refractivity contribution in [1.29, 1.82) is 0 Å². The minimum atomic E-state index is -0.349. The van der Waals surface area contributed by atoms with Crippen LogP contribution in [0.25, 0.3) is 0 Å². The highest BCUT2D eigenvalue weighted by atomic mass is 16.5. The number of hydrogen-bond acceptors (Lipinski definition) is 4. The minimum Gasteiger partial charge on any atom is -0.494 e. The molecule has 2 rings (SSSR count). The van der Waals surface area contributed by atoms with Gasteiger partial charge in [0.05, 0.1) is 19.6 Å². The number of rotatable bonds is 8. The van der Waals surface area contributed by atoms with Crippen LogP contribution >= 0.6 is 0 Å². The van der Waals surface area contributed by atoms with Gasteiger partial charge in [-0.1, -0.05) is 25.5 Å². The topological polar surface area (TPSA) is 67.9 Å². The Bertz CT molecular complexity index is 566. The van der Waals surface area contributed by atoms with Crippen molar-refractivity contribution in [3.63, 3.8) is 0 Å². The molecule has 1 heterocycles. The lowest BCUT2D eigenvalue weighted by atomic mass is 10.0. The van der Waals surface area contributed by atoms with E-state index in [4.69, 9.17) is 9.47 Å². The fourth-order valence-corrected chi connectivity index (χ4v) is 2.95. The van der Waals surface area contributed by atoms with Crippen molar-refractivity contribution in [3.05, 3.63) is 29.8 Å². The summed E-state index contributed by atoms with van der Waals surface area (Å²) in [4.78, 5) is 26.0. The first-order chi connectivity index (χ1) is 12.6. The van der Waals surface area contributed by atoms with E-state index in [9.17, 15) is 9.59 Å². The Morgan fingerprint density at radius 1 is 1.15 bits per heavy atom. The van der Waals surface area contributed by atoms with Gasteiger partial charge in [-0.15, -0.1) is 0 Å². The average Bonchev–Trinajstić information content (AvgIpc) is 2.64. The third kappa shape index (κ3) is 6.58. The molecule has 0 unspecified atom stereocenters. The zero-order chi connectivity index (χ0) is 18.8. The molecule has 144 valence electrons. The lowest BCUT2D eigenvalue weighted by Gasteiger charge is -2.32. The summed E-state index contributed by atoms with van der Waals surface area (Å²) in [6.07, 6.45) is 3.45. The van der Waals surface area contributed by atoms with Gasteiger partial charge in [-0.2, -0.15) is 0 Å². The molecular weight excluding hydrogens is 332 g/mol. The van der Waals surface area contributed by atoms with E-state index < -0.39 is 0 Å². The van der Waals surface area contributed by atoms with E-state index in [1.807, 2.05) is 36.1 Å². The van der Waals surface area contributed by atoms with Crippen molar-refractivity contribution < 1.29 is 19.1 Å². The normalized spacial score (nSPS) is 14.8. The molecule has 1 N–H and O–H groups in total. The number of ether oxygens (including phenoxy) is 2. The Labute approximate surface area is 155 Å². The van der Waals surface area contributed by atoms with Crippen LogP contribution in [-0.2, 0) is 16.0 Å². The van der Waals surface area contributed by atoms with Crippen LogP contribution in [0, 0.1) is 0 Å². The summed E-state index contributed by atoms with van der Waals surface area (Å²) in [6, 6.07) is 7.74. The van der Waals surface area contributed by atoms with Crippen molar-refractivity contribution in [3.8, 4) is 5.75 Å². The summed E-state index contributed by atoms with van der Waals surface area (Å²) >= 11 is 0. The van der Waals surface area contributed by atoms with Crippen LogP contribution < -0.4 is 10.1 Å². The Morgan fingerprint density at radius 3 is 2.46 bits per heavy atom. The summed E-state index contributed by atoms with van der Waals surface area (Å²) in [5, 5.41) is 2.89. The maximum atomic E-state index is 12.5. The maximum absolute atomic E-state index is 12.5. The predicted octanol–water partition coefficient (Wildman–Crippen LogP) is 3.15. The van der Waals surface area contributed by atoms with E-state index in [2.05, 4.69) is 12.2 Å². The first-order valence-electron chi connectivity index (χ1n) is 9.55. The van der Waals surface area contributed by atoms with Gasteiger partial charge >= 0.3 is 6.09 Å². The number of carbonyl (C=O) groups is 2. The van der Waals surface area contributed by atoms with Crippen molar-refractivity contribution in [2.75, 3.05) is 26.3 Å². The Balaban J connectivity index is 1.71. The largest absolute Gasteiger partial charge is 0.494 e. The number of nitrogens with one attached hydrogen (secondary N) is 1. The van der Waals surface area contributed by atoms with Crippen LogP contribution in [0.4, 0.5) is 4.79 Å². The number of unbranched alkanes of at least 4 members (excludes halogenated alkanes) is 1. The lowest BCUT2D eigenvalue weighted by molar-refractivity contribution is -0.131. The van der Waals surface area contributed by atoms with Crippen LogP contribution in [-0.4, -0.2) is 49.2 Å². The van der Waals surface area contributed by atoms with E-state index in [0.717, 1.165) is 37.0 Å². The van der Waals surface area contributed by atoms with Gasteiger partial charge in [0, 0.05) is 19.1 Å². The van der Waals surface area contributed by atoms with E-state index in [1.54, 1.807) is 0 Å². The molecule has 0 aliphatic carbocycles. The van der Waals surface area contributed by atoms with Gasteiger partial charge in [0.15, 0.2) is 0 Å². The molecule has 1 saturated heterocycles. The Hall–Kier alpha value is -2.24. The highest BCUT2D eigenvalue weighted by Crippen LogP contribution is 2.15. The Morgan fingerprint density at radius 2 is 1.85 bits per heavy atom. The van der Waals surface area contributed by atoms with E-state index in [1.165, 1.54) is 0 Å². The van der Waals surface area contributed by atoms with Crippen LogP contribution in [0.15, 0.2) is 24.3 Å². The molecule has 0 spiro atoms. The van der Waals surface area contributed by atoms with Crippen molar-refractivity contribution in [1.82, 2.24) is 10.2 Å². The van der Waals surface area contributed by atoms with Gasteiger partial charge in [0.1, 0.15) is 5.75 Å². The van der Waals surface area contributed by atoms with E-state index >= 15 is 0 Å². The molecule has 2 amide bonds. The van der Waals surface area contributed by atoms with Crippen molar-refractivity contribution in [2.24, 2.45) is 0 Å². The molecule has 0 saturated carbocycles. The number of hydrogen-bond donors (Lipinski definition) is 1.